The van der Waals surface area contributed by atoms with Gasteiger partial charge in [0.1, 0.15) is 0 Å². The molecule has 3 heteroatoms. The van der Waals surface area contributed by atoms with Crippen LogP contribution >= 0.6 is 0 Å². The molecule has 0 aliphatic carbocycles. The zero-order valence-corrected chi connectivity index (χ0v) is 7.00. The maximum absolute atomic E-state index is 10.2. The van der Waals surface area contributed by atoms with Crippen LogP contribution in [-0.4, -0.2) is 13.5 Å². The number of carbonyl (C=O) groups excluding carboxylic acids is 1. The smallest absolute Gasteiger partial charge is 0.211 e. The predicted octanol–water partition coefficient (Wildman–Crippen LogP) is 0.974. The SMILES string of the molecule is CNCc1ccccc1NC=O. The standard InChI is InChI=1S/C9H12N2O/c1-10-6-8-4-2-3-5-9(8)11-7-12/h2-5,7,10H,6H2,1H3,(H,11,12). The van der Waals surface area contributed by atoms with E-state index in [4.69, 9.17) is 0 Å². The molecule has 3 nitrogen and oxygen atoms in total. The van der Waals surface area contributed by atoms with Crippen LogP contribution in [-0.2, 0) is 11.3 Å². The second-order valence-electron chi connectivity index (χ2n) is 2.45. The van der Waals surface area contributed by atoms with Crippen molar-refractivity contribution < 1.29 is 4.79 Å². The Morgan fingerprint density at radius 3 is 2.83 bits per heavy atom. The minimum absolute atomic E-state index is 0.689. The molecule has 0 radical (unpaired) electrons. The molecule has 1 amide bonds. The van der Waals surface area contributed by atoms with E-state index in [2.05, 4.69) is 10.6 Å². The molecule has 0 aliphatic rings. The van der Waals surface area contributed by atoms with Crippen LogP contribution in [0.15, 0.2) is 24.3 Å². The van der Waals surface area contributed by atoms with Gasteiger partial charge in [-0.1, -0.05) is 18.2 Å². The molecule has 1 aromatic rings. The van der Waals surface area contributed by atoms with E-state index < -0.39 is 0 Å². The highest BCUT2D eigenvalue weighted by atomic mass is 16.1. The summed E-state index contributed by atoms with van der Waals surface area (Å²) in [5.74, 6) is 0. The Morgan fingerprint density at radius 2 is 2.17 bits per heavy atom. The fourth-order valence-electron chi connectivity index (χ4n) is 1.07. The lowest BCUT2D eigenvalue weighted by Gasteiger charge is -2.06. The van der Waals surface area contributed by atoms with Crippen molar-refractivity contribution >= 4 is 12.1 Å². The van der Waals surface area contributed by atoms with Crippen molar-refractivity contribution in [3.8, 4) is 0 Å². The van der Waals surface area contributed by atoms with Crippen LogP contribution in [0, 0.1) is 0 Å². The topological polar surface area (TPSA) is 41.1 Å². The van der Waals surface area contributed by atoms with Crippen molar-refractivity contribution in [1.29, 1.82) is 0 Å². The molecule has 0 unspecified atom stereocenters. The number of benzene rings is 1. The van der Waals surface area contributed by atoms with Gasteiger partial charge in [-0.05, 0) is 18.7 Å². The first kappa shape index (κ1) is 8.74. The molecule has 0 bridgehead atoms. The van der Waals surface area contributed by atoms with E-state index >= 15 is 0 Å². The molecule has 64 valence electrons. The predicted molar refractivity (Wildman–Crippen MR) is 48.9 cm³/mol. The van der Waals surface area contributed by atoms with E-state index in [-0.39, 0.29) is 0 Å². The van der Waals surface area contributed by atoms with Crippen LogP contribution in [0.25, 0.3) is 0 Å². The van der Waals surface area contributed by atoms with Crippen molar-refractivity contribution in [3.05, 3.63) is 29.8 Å². The number of rotatable bonds is 4. The highest BCUT2D eigenvalue weighted by Gasteiger charge is 1.97. The zero-order valence-electron chi connectivity index (χ0n) is 7.00. The maximum atomic E-state index is 10.2. The molecule has 0 fully saturated rings. The fraction of sp³-hybridized carbons (Fsp3) is 0.222. The average Bonchev–Trinajstić information content (AvgIpc) is 2.09. The van der Waals surface area contributed by atoms with Crippen molar-refractivity contribution in [2.24, 2.45) is 0 Å². The van der Waals surface area contributed by atoms with E-state index in [1.54, 1.807) is 0 Å². The third kappa shape index (κ3) is 2.07. The molecular formula is C9H12N2O. The second kappa shape index (κ2) is 4.51. The van der Waals surface area contributed by atoms with Crippen molar-refractivity contribution in [2.75, 3.05) is 12.4 Å². The summed E-state index contributed by atoms with van der Waals surface area (Å²) >= 11 is 0. The number of anilines is 1. The summed E-state index contributed by atoms with van der Waals surface area (Å²) in [5.41, 5.74) is 1.95. The van der Waals surface area contributed by atoms with Gasteiger partial charge in [-0.15, -0.1) is 0 Å². The average molecular weight is 164 g/mol. The molecule has 0 spiro atoms. The number of amides is 1. The maximum Gasteiger partial charge on any atom is 0.211 e. The van der Waals surface area contributed by atoms with Gasteiger partial charge < -0.3 is 10.6 Å². The second-order valence-corrected chi connectivity index (χ2v) is 2.45. The monoisotopic (exact) mass is 164 g/mol. The lowest BCUT2D eigenvalue weighted by Crippen LogP contribution is -2.08. The van der Waals surface area contributed by atoms with Gasteiger partial charge in [0, 0.05) is 12.2 Å². The minimum atomic E-state index is 0.689. The number of nitrogens with one attached hydrogen (secondary N) is 2. The first-order valence-corrected chi connectivity index (χ1v) is 3.81. The first-order valence-electron chi connectivity index (χ1n) is 3.81. The third-order valence-corrected chi connectivity index (χ3v) is 1.60. The van der Waals surface area contributed by atoms with Crippen LogP contribution in [0.5, 0.6) is 0 Å². The quantitative estimate of drug-likeness (QED) is 0.651. The van der Waals surface area contributed by atoms with E-state index in [0.29, 0.717) is 6.41 Å². The summed E-state index contributed by atoms with van der Waals surface area (Å²) in [6.45, 7) is 0.761. The van der Waals surface area contributed by atoms with Crippen LogP contribution in [0.2, 0.25) is 0 Å². The molecule has 0 aromatic heterocycles. The van der Waals surface area contributed by atoms with E-state index in [1.165, 1.54) is 0 Å². The van der Waals surface area contributed by atoms with Crippen LogP contribution in [0.4, 0.5) is 5.69 Å². The highest BCUT2D eigenvalue weighted by molar-refractivity contribution is 5.73. The first-order chi connectivity index (χ1) is 5.88. The number of hydrogen-bond donors (Lipinski definition) is 2. The zero-order chi connectivity index (χ0) is 8.81. The van der Waals surface area contributed by atoms with Gasteiger partial charge in [0.2, 0.25) is 6.41 Å². The number of hydrogen-bond acceptors (Lipinski definition) is 2. The largest absolute Gasteiger partial charge is 0.328 e. The van der Waals surface area contributed by atoms with Gasteiger partial charge in [0.05, 0.1) is 0 Å². The Hall–Kier alpha value is -1.35. The van der Waals surface area contributed by atoms with E-state index in [0.717, 1.165) is 17.8 Å². The number of para-hydroxylation sites is 1. The molecule has 12 heavy (non-hydrogen) atoms. The van der Waals surface area contributed by atoms with Crippen molar-refractivity contribution in [1.82, 2.24) is 5.32 Å². The van der Waals surface area contributed by atoms with Gasteiger partial charge >= 0.3 is 0 Å². The van der Waals surface area contributed by atoms with Gasteiger partial charge in [-0.3, -0.25) is 4.79 Å². The Bertz CT molecular complexity index is 260. The lowest BCUT2D eigenvalue weighted by molar-refractivity contribution is -0.105. The molecular weight excluding hydrogens is 152 g/mol. The summed E-state index contributed by atoms with van der Waals surface area (Å²) in [7, 11) is 1.87. The van der Waals surface area contributed by atoms with Crippen LogP contribution < -0.4 is 10.6 Å². The highest BCUT2D eigenvalue weighted by Crippen LogP contribution is 2.13. The number of carbonyl (C=O) groups is 1. The molecule has 0 saturated heterocycles. The molecule has 1 rings (SSSR count). The van der Waals surface area contributed by atoms with Gasteiger partial charge in [0.15, 0.2) is 0 Å². The summed E-state index contributed by atoms with van der Waals surface area (Å²) in [4.78, 5) is 10.2. The summed E-state index contributed by atoms with van der Waals surface area (Å²) < 4.78 is 0. The Labute approximate surface area is 71.8 Å². The van der Waals surface area contributed by atoms with E-state index in [9.17, 15) is 4.79 Å². The van der Waals surface area contributed by atoms with Crippen LogP contribution in [0.1, 0.15) is 5.56 Å². The van der Waals surface area contributed by atoms with E-state index in [1.807, 2.05) is 31.3 Å². The van der Waals surface area contributed by atoms with Crippen molar-refractivity contribution in [2.45, 2.75) is 6.54 Å². The molecule has 0 saturated carbocycles. The molecule has 1 aromatic carbocycles. The Balaban J connectivity index is 2.83. The summed E-state index contributed by atoms with van der Waals surface area (Å²) in [6.07, 6.45) is 0.689. The minimum Gasteiger partial charge on any atom is -0.328 e. The lowest BCUT2D eigenvalue weighted by atomic mass is 10.2. The van der Waals surface area contributed by atoms with Gasteiger partial charge in [-0.25, -0.2) is 0 Å². The summed E-state index contributed by atoms with van der Waals surface area (Å²) in [5, 5.41) is 5.67. The Morgan fingerprint density at radius 1 is 1.42 bits per heavy atom. The van der Waals surface area contributed by atoms with Crippen molar-refractivity contribution in [3.63, 3.8) is 0 Å². The summed E-state index contributed by atoms with van der Waals surface area (Å²) in [6, 6.07) is 7.69. The third-order valence-electron chi connectivity index (χ3n) is 1.60. The molecule has 0 atom stereocenters. The van der Waals surface area contributed by atoms with Crippen LogP contribution in [0.3, 0.4) is 0 Å². The fourth-order valence-corrected chi connectivity index (χ4v) is 1.07. The molecule has 2 N–H and O–H groups in total. The normalized spacial score (nSPS) is 9.42. The molecule has 0 heterocycles. The molecule has 0 aliphatic heterocycles. The van der Waals surface area contributed by atoms with Gasteiger partial charge in [-0.2, -0.15) is 0 Å². The Kier molecular flexibility index (Phi) is 3.29. The van der Waals surface area contributed by atoms with Gasteiger partial charge in [0.25, 0.3) is 0 Å².